The number of phenolic OH excluding ortho intramolecular Hbond substituents is 1. The van der Waals surface area contributed by atoms with Crippen LogP contribution in [0.2, 0.25) is 0 Å². The maximum absolute atomic E-state index is 9.66. The van der Waals surface area contributed by atoms with Gasteiger partial charge in [0.2, 0.25) is 0 Å². The first-order valence-corrected chi connectivity index (χ1v) is 7.32. The molecule has 0 saturated heterocycles. The van der Waals surface area contributed by atoms with Gasteiger partial charge in [-0.2, -0.15) is 0 Å². The molecule has 14 heavy (non-hydrogen) atoms. The number of hydrogen-bond acceptors (Lipinski definition) is 3. The number of fused-ring (bicyclic) bond motifs is 1. The van der Waals surface area contributed by atoms with Crippen molar-refractivity contribution in [2.45, 2.75) is 10.2 Å². The van der Waals surface area contributed by atoms with E-state index in [0.29, 0.717) is 11.1 Å². The monoisotopic (exact) mass is 288 g/mol. The molecule has 0 amide bonds. The van der Waals surface area contributed by atoms with Gasteiger partial charge < -0.3 is 5.11 Å². The molecule has 0 aliphatic rings. The van der Waals surface area contributed by atoms with Gasteiger partial charge in [0.05, 0.1) is 0 Å². The minimum atomic E-state index is 0.379. The molecule has 0 spiro atoms. The predicted molar refractivity (Wildman–Crippen MR) is 67.9 cm³/mol. The molecule has 1 aromatic carbocycles. The lowest BCUT2D eigenvalue weighted by atomic mass is 10.2. The summed E-state index contributed by atoms with van der Waals surface area (Å²) in [5.41, 5.74) is 0.993. The fraction of sp³-hybridized carbons (Fsp3) is 0.200. The van der Waals surface area contributed by atoms with Crippen LogP contribution in [0.25, 0.3) is 10.1 Å². The molecular formula is C10H9BrOS2. The summed E-state index contributed by atoms with van der Waals surface area (Å²) < 4.78 is 1.19. The number of aromatic hydroxyl groups is 1. The summed E-state index contributed by atoms with van der Waals surface area (Å²) in [6.07, 6.45) is 2.07. The standard InChI is InChI=1S/C10H9BrOS2/c1-13-9-5-14-10-6(9)2-3-8(12)7(10)4-11/h2-3,5,12H,4H2,1H3. The van der Waals surface area contributed by atoms with Crippen LogP contribution >= 0.6 is 39.0 Å². The number of thioether (sulfide) groups is 1. The van der Waals surface area contributed by atoms with Gasteiger partial charge in [-0.1, -0.05) is 15.9 Å². The van der Waals surface area contributed by atoms with Crippen molar-refractivity contribution in [2.24, 2.45) is 0 Å². The molecule has 1 heterocycles. The van der Waals surface area contributed by atoms with E-state index in [0.717, 1.165) is 5.56 Å². The van der Waals surface area contributed by atoms with E-state index in [1.54, 1.807) is 29.2 Å². The first kappa shape index (κ1) is 10.3. The predicted octanol–water partition coefficient (Wildman–Crippen LogP) is 4.22. The molecule has 0 saturated carbocycles. The van der Waals surface area contributed by atoms with Crippen LogP contribution in [0.3, 0.4) is 0 Å². The Kier molecular flexibility index (Phi) is 3.04. The van der Waals surface area contributed by atoms with Gasteiger partial charge in [0.15, 0.2) is 0 Å². The van der Waals surface area contributed by atoms with Crippen LogP contribution in [0.5, 0.6) is 5.75 Å². The molecule has 0 aliphatic carbocycles. The minimum absolute atomic E-state index is 0.379. The van der Waals surface area contributed by atoms with Gasteiger partial charge in [-0.05, 0) is 18.4 Å². The molecule has 0 radical (unpaired) electrons. The Morgan fingerprint density at radius 3 is 2.93 bits per heavy atom. The summed E-state index contributed by atoms with van der Waals surface area (Å²) in [4.78, 5) is 1.28. The lowest BCUT2D eigenvalue weighted by Crippen LogP contribution is -1.79. The second kappa shape index (κ2) is 4.13. The lowest BCUT2D eigenvalue weighted by molar-refractivity contribution is 0.472. The van der Waals surface area contributed by atoms with Crippen molar-refractivity contribution in [1.29, 1.82) is 0 Å². The normalized spacial score (nSPS) is 11.0. The van der Waals surface area contributed by atoms with Crippen LogP contribution in [-0.2, 0) is 5.33 Å². The average Bonchev–Trinajstić information content (AvgIpc) is 2.60. The zero-order chi connectivity index (χ0) is 10.1. The van der Waals surface area contributed by atoms with Crippen molar-refractivity contribution in [3.05, 3.63) is 23.1 Å². The molecular weight excluding hydrogens is 280 g/mol. The maximum atomic E-state index is 9.66. The van der Waals surface area contributed by atoms with E-state index < -0.39 is 0 Å². The van der Waals surface area contributed by atoms with E-state index in [2.05, 4.69) is 27.6 Å². The van der Waals surface area contributed by atoms with E-state index in [1.165, 1.54) is 15.0 Å². The summed E-state index contributed by atoms with van der Waals surface area (Å²) in [6, 6.07) is 3.75. The fourth-order valence-electron chi connectivity index (χ4n) is 1.41. The van der Waals surface area contributed by atoms with Crippen molar-refractivity contribution in [1.82, 2.24) is 0 Å². The summed E-state index contributed by atoms with van der Waals surface area (Å²) in [5.74, 6) is 0.379. The molecule has 2 aromatic rings. The second-order valence-electron chi connectivity index (χ2n) is 2.88. The smallest absolute Gasteiger partial charge is 0.121 e. The van der Waals surface area contributed by atoms with Crippen LogP contribution in [0.15, 0.2) is 22.4 Å². The Labute approximate surface area is 99.3 Å². The van der Waals surface area contributed by atoms with Crippen LogP contribution in [0.4, 0.5) is 0 Å². The Bertz CT molecular complexity index is 464. The third-order valence-electron chi connectivity index (χ3n) is 2.14. The number of benzene rings is 1. The molecule has 0 unspecified atom stereocenters. The molecule has 2 rings (SSSR count). The number of halogens is 1. The van der Waals surface area contributed by atoms with E-state index in [-0.39, 0.29) is 0 Å². The van der Waals surface area contributed by atoms with Gasteiger partial charge in [0.25, 0.3) is 0 Å². The highest BCUT2D eigenvalue weighted by Crippen LogP contribution is 2.38. The first-order chi connectivity index (χ1) is 6.77. The van der Waals surface area contributed by atoms with E-state index in [4.69, 9.17) is 0 Å². The largest absolute Gasteiger partial charge is 0.508 e. The Hall–Kier alpha value is -0.190. The van der Waals surface area contributed by atoms with Crippen LogP contribution in [-0.4, -0.2) is 11.4 Å². The van der Waals surface area contributed by atoms with Crippen molar-refractivity contribution in [3.8, 4) is 5.75 Å². The topological polar surface area (TPSA) is 20.2 Å². The molecule has 0 atom stereocenters. The third kappa shape index (κ3) is 1.55. The van der Waals surface area contributed by atoms with Crippen LogP contribution in [0.1, 0.15) is 5.56 Å². The Balaban J connectivity index is 2.76. The number of hydrogen-bond donors (Lipinski definition) is 1. The summed E-state index contributed by atoms with van der Waals surface area (Å²) in [7, 11) is 0. The van der Waals surface area contributed by atoms with Crippen molar-refractivity contribution >= 4 is 49.1 Å². The molecule has 0 bridgehead atoms. The molecule has 0 fully saturated rings. The lowest BCUT2D eigenvalue weighted by Gasteiger charge is -2.02. The number of rotatable bonds is 2. The molecule has 1 N–H and O–H groups in total. The highest BCUT2D eigenvalue weighted by molar-refractivity contribution is 9.08. The first-order valence-electron chi connectivity index (χ1n) is 4.10. The zero-order valence-electron chi connectivity index (χ0n) is 7.58. The number of alkyl halides is 1. The molecule has 4 heteroatoms. The third-order valence-corrected chi connectivity index (χ3v) is 4.68. The highest BCUT2D eigenvalue weighted by atomic mass is 79.9. The molecule has 0 aliphatic heterocycles. The second-order valence-corrected chi connectivity index (χ2v) is 5.17. The van der Waals surface area contributed by atoms with Crippen molar-refractivity contribution < 1.29 is 5.11 Å². The average molecular weight is 289 g/mol. The van der Waals surface area contributed by atoms with E-state index in [1.807, 2.05) is 6.07 Å². The number of thiophene rings is 1. The van der Waals surface area contributed by atoms with Crippen LogP contribution < -0.4 is 0 Å². The summed E-state index contributed by atoms with van der Waals surface area (Å²) in [6.45, 7) is 0. The maximum Gasteiger partial charge on any atom is 0.121 e. The van der Waals surface area contributed by atoms with Gasteiger partial charge in [0, 0.05) is 31.3 Å². The Morgan fingerprint density at radius 2 is 2.29 bits per heavy atom. The zero-order valence-corrected chi connectivity index (χ0v) is 10.8. The molecule has 1 nitrogen and oxygen atoms in total. The fourth-order valence-corrected chi connectivity index (χ4v) is 4.12. The molecule has 74 valence electrons. The SMILES string of the molecule is CSc1csc2c(CBr)c(O)ccc12. The van der Waals surface area contributed by atoms with Crippen molar-refractivity contribution in [2.75, 3.05) is 6.26 Å². The Morgan fingerprint density at radius 1 is 1.50 bits per heavy atom. The van der Waals surface area contributed by atoms with Gasteiger partial charge in [-0.15, -0.1) is 23.1 Å². The highest BCUT2D eigenvalue weighted by Gasteiger charge is 2.10. The van der Waals surface area contributed by atoms with E-state index >= 15 is 0 Å². The summed E-state index contributed by atoms with van der Waals surface area (Å²) >= 11 is 6.84. The van der Waals surface area contributed by atoms with Gasteiger partial charge in [-0.25, -0.2) is 0 Å². The van der Waals surface area contributed by atoms with Gasteiger partial charge in [-0.3, -0.25) is 0 Å². The summed E-state index contributed by atoms with van der Waals surface area (Å²) in [5, 5.41) is 13.7. The van der Waals surface area contributed by atoms with Crippen molar-refractivity contribution in [3.63, 3.8) is 0 Å². The van der Waals surface area contributed by atoms with Gasteiger partial charge >= 0.3 is 0 Å². The van der Waals surface area contributed by atoms with E-state index in [9.17, 15) is 5.11 Å². The molecule has 1 aromatic heterocycles. The van der Waals surface area contributed by atoms with Crippen LogP contribution in [0, 0.1) is 0 Å². The quantitative estimate of drug-likeness (QED) is 0.659. The number of phenols is 1. The minimum Gasteiger partial charge on any atom is -0.508 e. The van der Waals surface area contributed by atoms with Gasteiger partial charge in [0.1, 0.15) is 5.75 Å².